The normalized spacial score (nSPS) is 18.8. The van der Waals surface area contributed by atoms with E-state index in [4.69, 9.17) is 4.98 Å². The van der Waals surface area contributed by atoms with Crippen LogP contribution in [0.25, 0.3) is 11.3 Å². The Kier molecular flexibility index (Phi) is 5.63. The summed E-state index contributed by atoms with van der Waals surface area (Å²) in [5, 5.41) is 3.54. The van der Waals surface area contributed by atoms with Gasteiger partial charge in [-0.1, -0.05) is 50.2 Å². The van der Waals surface area contributed by atoms with Gasteiger partial charge in [-0.05, 0) is 17.5 Å². The summed E-state index contributed by atoms with van der Waals surface area (Å²) < 4.78 is 0. The minimum atomic E-state index is -0.488. The SMILES string of the molecule is CC(C)c1sc(NC(=O)[C@H]2CC(=O)N(C)[C@H]2c2cccnc2)nc1-c1ccccc1. The number of likely N-dealkylation sites (tertiary alicyclic amines) is 1. The molecule has 3 aromatic rings. The second-order valence-corrected chi connectivity index (χ2v) is 8.82. The molecule has 0 unspecified atom stereocenters. The van der Waals surface area contributed by atoms with E-state index < -0.39 is 5.92 Å². The molecule has 154 valence electrons. The quantitative estimate of drug-likeness (QED) is 0.660. The number of nitrogens with one attached hydrogen (secondary N) is 1. The van der Waals surface area contributed by atoms with Crippen LogP contribution in [0.1, 0.15) is 42.7 Å². The molecule has 0 spiro atoms. The van der Waals surface area contributed by atoms with Crippen LogP contribution in [0, 0.1) is 5.92 Å². The number of carbonyl (C=O) groups excluding carboxylic acids is 2. The van der Waals surface area contributed by atoms with Crippen molar-refractivity contribution in [2.24, 2.45) is 5.92 Å². The number of nitrogens with zero attached hydrogens (tertiary/aromatic N) is 3. The predicted octanol–water partition coefficient (Wildman–Crippen LogP) is 4.49. The third kappa shape index (κ3) is 3.85. The highest BCUT2D eigenvalue weighted by molar-refractivity contribution is 7.16. The van der Waals surface area contributed by atoms with Crippen LogP contribution in [0.3, 0.4) is 0 Å². The molecule has 6 nitrogen and oxygen atoms in total. The van der Waals surface area contributed by atoms with E-state index in [1.54, 1.807) is 24.3 Å². The maximum atomic E-state index is 13.2. The van der Waals surface area contributed by atoms with E-state index >= 15 is 0 Å². The van der Waals surface area contributed by atoms with Crippen LogP contribution < -0.4 is 5.32 Å². The molecule has 1 aromatic carbocycles. The van der Waals surface area contributed by atoms with Gasteiger partial charge in [0.1, 0.15) is 0 Å². The number of rotatable bonds is 5. The molecular weight excluding hydrogens is 396 g/mol. The number of anilines is 1. The minimum absolute atomic E-state index is 0.0454. The van der Waals surface area contributed by atoms with Gasteiger partial charge in [-0.15, -0.1) is 11.3 Å². The lowest BCUT2D eigenvalue weighted by molar-refractivity contribution is -0.127. The summed E-state index contributed by atoms with van der Waals surface area (Å²) in [6.07, 6.45) is 3.58. The highest BCUT2D eigenvalue weighted by Gasteiger charge is 2.43. The molecule has 1 fully saturated rings. The molecule has 1 aliphatic heterocycles. The topological polar surface area (TPSA) is 75.2 Å². The Morgan fingerprint density at radius 2 is 1.97 bits per heavy atom. The van der Waals surface area contributed by atoms with E-state index in [1.165, 1.54) is 11.3 Å². The molecule has 0 aliphatic carbocycles. The smallest absolute Gasteiger partial charge is 0.232 e. The van der Waals surface area contributed by atoms with Gasteiger partial charge in [-0.3, -0.25) is 14.6 Å². The van der Waals surface area contributed by atoms with Crippen molar-refractivity contribution in [1.29, 1.82) is 0 Å². The van der Waals surface area contributed by atoms with Gasteiger partial charge < -0.3 is 10.2 Å². The van der Waals surface area contributed by atoms with E-state index in [2.05, 4.69) is 24.1 Å². The van der Waals surface area contributed by atoms with Crippen molar-refractivity contribution in [3.8, 4) is 11.3 Å². The van der Waals surface area contributed by atoms with Crippen molar-refractivity contribution in [2.45, 2.75) is 32.2 Å². The third-order valence-electron chi connectivity index (χ3n) is 5.40. The highest BCUT2D eigenvalue weighted by Crippen LogP contribution is 2.39. The molecule has 7 heteroatoms. The van der Waals surface area contributed by atoms with Crippen LogP contribution in [0.2, 0.25) is 0 Å². The molecule has 1 saturated heterocycles. The average Bonchev–Trinajstić information content (AvgIpc) is 3.31. The molecule has 2 atom stereocenters. The van der Waals surface area contributed by atoms with E-state index in [9.17, 15) is 9.59 Å². The van der Waals surface area contributed by atoms with Gasteiger partial charge in [0.15, 0.2) is 5.13 Å². The fraction of sp³-hybridized carbons (Fsp3) is 0.304. The number of hydrogen-bond acceptors (Lipinski definition) is 5. The predicted molar refractivity (Wildman–Crippen MR) is 118 cm³/mol. The Morgan fingerprint density at radius 1 is 1.20 bits per heavy atom. The molecule has 30 heavy (non-hydrogen) atoms. The minimum Gasteiger partial charge on any atom is -0.338 e. The Bertz CT molecular complexity index is 1050. The maximum Gasteiger partial charge on any atom is 0.232 e. The van der Waals surface area contributed by atoms with Gasteiger partial charge >= 0.3 is 0 Å². The number of hydrogen-bond donors (Lipinski definition) is 1. The first-order valence-corrected chi connectivity index (χ1v) is 10.8. The van der Waals surface area contributed by atoms with Crippen LogP contribution in [0.4, 0.5) is 5.13 Å². The summed E-state index contributed by atoms with van der Waals surface area (Å²) in [4.78, 5) is 37.2. The second kappa shape index (κ2) is 8.36. The van der Waals surface area contributed by atoms with Gasteiger partial charge in [0.05, 0.1) is 17.7 Å². The van der Waals surface area contributed by atoms with E-state index in [1.807, 2.05) is 42.5 Å². The average molecular weight is 421 g/mol. The van der Waals surface area contributed by atoms with E-state index in [0.717, 1.165) is 21.7 Å². The van der Waals surface area contributed by atoms with Crippen LogP contribution in [-0.2, 0) is 9.59 Å². The van der Waals surface area contributed by atoms with Gasteiger partial charge in [0.25, 0.3) is 0 Å². The van der Waals surface area contributed by atoms with Gasteiger partial charge in [0, 0.05) is 36.3 Å². The second-order valence-electron chi connectivity index (χ2n) is 7.79. The van der Waals surface area contributed by atoms with Gasteiger partial charge in [0.2, 0.25) is 11.8 Å². The number of amides is 2. The molecule has 0 bridgehead atoms. The zero-order chi connectivity index (χ0) is 21.3. The van der Waals surface area contributed by atoms with Crippen molar-refractivity contribution in [3.63, 3.8) is 0 Å². The fourth-order valence-electron chi connectivity index (χ4n) is 3.89. The Hall–Kier alpha value is -3.06. The Morgan fingerprint density at radius 3 is 2.63 bits per heavy atom. The van der Waals surface area contributed by atoms with Crippen LogP contribution in [-0.4, -0.2) is 33.7 Å². The lowest BCUT2D eigenvalue weighted by Crippen LogP contribution is -2.30. The summed E-state index contributed by atoms with van der Waals surface area (Å²) in [7, 11) is 1.74. The van der Waals surface area contributed by atoms with Crippen LogP contribution in [0.15, 0.2) is 54.9 Å². The molecule has 2 aromatic heterocycles. The summed E-state index contributed by atoms with van der Waals surface area (Å²) in [6, 6.07) is 13.4. The molecule has 0 saturated carbocycles. The van der Waals surface area contributed by atoms with Crippen LogP contribution >= 0.6 is 11.3 Å². The number of aromatic nitrogens is 2. The maximum absolute atomic E-state index is 13.2. The molecule has 1 N–H and O–H groups in total. The summed E-state index contributed by atoms with van der Waals surface area (Å²) in [5.74, 6) is -0.440. The number of benzene rings is 1. The Balaban J connectivity index is 1.61. The van der Waals surface area contributed by atoms with E-state index in [-0.39, 0.29) is 30.2 Å². The first-order valence-electron chi connectivity index (χ1n) is 9.98. The highest BCUT2D eigenvalue weighted by atomic mass is 32.1. The lowest BCUT2D eigenvalue weighted by Gasteiger charge is -2.24. The molecule has 1 aliphatic rings. The summed E-state index contributed by atoms with van der Waals surface area (Å²) in [6.45, 7) is 4.24. The van der Waals surface area contributed by atoms with Crippen molar-refractivity contribution in [2.75, 3.05) is 12.4 Å². The fourth-order valence-corrected chi connectivity index (χ4v) is 4.88. The molecule has 2 amide bonds. The van der Waals surface area contributed by atoms with Crippen molar-refractivity contribution in [1.82, 2.24) is 14.9 Å². The zero-order valence-electron chi connectivity index (χ0n) is 17.2. The number of pyridine rings is 1. The molecule has 4 rings (SSSR count). The van der Waals surface area contributed by atoms with Crippen LogP contribution in [0.5, 0.6) is 0 Å². The zero-order valence-corrected chi connectivity index (χ0v) is 18.0. The Labute approximate surface area is 180 Å². The molecular formula is C23H24N4O2S. The molecule has 0 radical (unpaired) electrons. The van der Waals surface area contributed by atoms with Crippen molar-refractivity contribution in [3.05, 3.63) is 65.3 Å². The number of carbonyl (C=O) groups is 2. The molecule has 3 heterocycles. The lowest BCUT2D eigenvalue weighted by atomic mass is 9.94. The monoisotopic (exact) mass is 420 g/mol. The van der Waals surface area contributed by atoms with Gasteiger partial charge in [-0.2, -0.15) is 0 Å². The summed E-state index contributed by atoms with van der Waals surface area (Å²) in [5.41, 5.74) is 2.79. The van der Waals surface area contributed by atoms with Crippen molar-refractivity contribution < 1.29 is 9.59 Å². The summed E-state index contributed by atoms with van der Waals surface area (Å²) >= 11 is 1.49. The first-order chi connectivity index (χ1) is 14.5. The largest absolute Gasteiger partial charge is 0.338 e. The van der Waals surface area contributed by atoms with Gasteiger partial charge in [-0.25, -0.2) is 4.98 Å². The third-order valence-corrected chi connectivity index (χ3v) is 6.68. The standard InChI is InChI=1S/C23H24N4O2S/c1-14(2)21-19(15-8-5-4-6-9-15)25-23(30-21)26-22(29)17-12-18(28)27(3)20(17)16-10-7-11-24-13-16/h4-11,13-14,17,20H,12H2,1-3H3,(H,25,26,29)/t17-,20-/m0/s1. The van der Waals surface area contributed by atoms with E-state index in [0.29, 0.717) is 5.13 Å². The van der Waals surface area contributed by atoms with Crippen molar-refractivity contribution >= 4 is 28.3 Å². The first kappa shape index (κ1) is 20.2. The number of thiazole rings is 1.